The molecule has 0 saturated heterocycles. The van der Waals surface area contributed by atoms with E-state index in [4.69, 9.17) is 12.2 Å². The van der Waals surface area contributed by atoms with Gasteiger partial charge in [0.15, 0.2) is 0 Å². The van der Waals surface area contributed by atoms with E-state index < -0.39 is 5.92 Å². The van der Waals surface area contributed by atoms with Crippen molar-refractivity contribution in [3.63, 3.8) is 0 Å². The standard InChI is InChI=1S/C12H15BrF2N2S/c1-2-3-8-9(13)11(18)17-10(16-8)7-4-5-12(14,15)6-7/h7H,2-6H2,1H3,(H,16,17,18). The molecule has 2 nitrogen and oxygen atoms in total. The van der Waals surface area contributed by atoms with Gasteiger partial charge >= 0.3 is 0 Å². The van der Waals surface area contributed by atoms with Crippen LogP contribution in [0.1, 0.15) is 50.0 Å². The Bertz CT molecular complexity index is 501. The molecule has 18 heavy (non-hydrogen) atoms. The highest BCUT2D eigenvalue weighted by atomic mass is 79.9. The average Bonchev–Trinajstić information content (AvgIpc) is 2.65. The summed E-state index contributed by atoms with van der Waals surface area (Å²) in [6.07, 6.45) is 2.09. The van der Waals surface area contributed by atoms with Crippen molar-refractivity contribution in [3.8, 4) is 0 Å². The van der Waals surface area contributed by atoms with Gasteiger partial charge in [0.25, 0.3) is 0 Å². The molecule has 0 aliphatic heterocycles. The van der Waals surface area contributed by atoms with E-state index in [2.05, 4.69) is 32.8 Å². The van der Waals surface area contributed by atoms with Crippen LogP contribution in [0, 0.1) is 4.64 Å². The molecule has 1 saturated carbocycles. The van der Waals surface area contributed by atoms with Gasteiger partial charge in [0.05, 0.1) is 4.47 Å². The largest absolute Gasteiger partial charge is 0.346 e. The second kappa shape index (κ2) is 5.33. The highest BCUT2D eigenvalue weighted by Gasteiger charge is 2.41. The predicted molar refractivity (Wildman–Crippen MR) is 72.7 cm³/mol. The van der Waals surface area contributed by atoms with E-state index >= 15 is 0 Å². The van der Waals surface area contributed by atoms with E-state index in [1.54, 1.807) is 0 Å². The molecule has 0 amide bonds. The molecular weight excluding hydrogens is 322 g/mol. The number of aryl methyl sites for hydroxylation is 1. The van der Waals surface area contributed by atoms with Crippen LogP contribution in [0.2, 0.25) is 0 Å². The molecule has 1 N–H and O–H groups in total. The zero-order valence-electron chi connectivity index (χ0n) is 10.1. The lowest BCUT2D eigenvalue weighted by molar-refractivity contribution is 0.00753. The van der Waals surface area contributed by atoms with Crippen LogP contribution in [0.15, 0.2) is 4.47 Å². The fourth-order valence-electron chi connectivity index (χ4n) is 2.32. The minimum atomic E-state index is -2.56. The molecule has 1 heterocycles. The third-order valence-corrected chi connectivity index (χ3v) is 4.66. The molecule has 1 aromatic heterocycles. The maximum absolute atomic E-state index is 13.2. The van der Waals surface area contributed by atoms with E-state index in [1.807, 2.05) is 0 Å². The minimum Gasteiger partial charge on any atom is -0.346 e. The minimum absolute atomic E-state index is 0.0564. The van der Waals surface area contributed by atoms with Gasteiger partial charge in [-0.1, -0.05) is 25.6 Å². The molecule has 0 bridgehead atoms. The second-order valence-corrected chi connectivity index (χ2v) is 5.95. The predicted octanol–water partition coefficient (Wildman–Crippen LogP) is 4.76. The molecule has 1 aliphatic rings. The first kappa shape index (κ1) is 14.1. The van der Waals surface area contributed by atoms with Gasteiger partial charge in [-0.05, 0) is 28.8 Å². The van der Waals surface area contributed by atoms with Gasteiger partial charge < -0.3 is 4.98 Å². The average molecular weight is 337 g/mol. The van der Waals surface area contributed by atoms with Gasteiger partial charge in [-0.15, -0.1) is 0 Å². The lowest BCUT2D eigenvalue weighted by atomic mass is 10.1. The summed E-state index contributed by atoms with van der Waals surface area (Å²) in [5.41, 5.74) is 0.961. The lowest BCUT2D eigenvalue weighted by Crippen LogP contribution is -2.11. The summed E-state index contributed by atoms with van der Waals surface area (Å²) in [6.45, 7) is 2.06. The molecule has 6 heteroatoms. The van der Waals surface area contributed by atoms with Crippen molar-refractivity contribution in [1.82, 2.24) is 9.97 Å². The molecule has 100 valence electrons. The maximum Gasteiger partial charge on any atom is 0.248 e. The Kier molecular flexibility index (Phi) is 4.16. The van der Waals surface area contributed by atoms with E-state index in [-0.39, 0.29) is 18.8 Å². The van der Waals surface area contributed by atoms with Crippen molar-refractivity contribution in [2.75, 3.05) is 0 Å². The van der Waals surface area contributed by atoms with Crippen LogP contribution in [-0.2, 0) is 6.42 Å². The number of hydrogen-bond acceptors (Lipinski definition) is 2. The number of H-pyrrole nitrogens is 1. The van der Waals surface area contributed by atoms with Gasteiger partial charge in [-0.2, -0.15) is 0 Å². The summed E-state index contributed by atoms with van der Waals surface area (Å²) in [6, 6.07) is 0. The third-order valence-electron chi connectivity index (χ3n) is 3.24. The first-order chi connectivity index (χ1) is 8.43. The summed E-state index contributed by atoms with van der Waals surface area (Å²) in [5, 5.41) is 0. The van der Waals surface area contributed by atoms with Gasteiger partial charge in [-0.3, -0.25) is 0 Å². The Balaban J connectivity index is 2.32. The second-order valence-electron chi connectivity index (χ2n) is 4.77. The van der Waals surface area contributed by atoms with Crippen LogP contribution >= 0.6 is 28.1 Å². The van der Waals surface area contributed by atoms with Crippen molar-refractivity contribution in [1.29, 1.82) is 0 Å². The fraction of sp³-hybridized carbons (Fsp3) is 0.667. The summed E-state index contributed by atoms with van der Waals surface area (Å²) in [7, 11) is 0. The number of nitrogens with one attached hydrogen (secondary N) is 1. The monoisotopic (exact) mass is 336 g/mol. The molecule has 0 spiro atoms. The summed E-state index contributed by atoms with van der Waals surface area (Å²) >= 11 is 8.57. The molecule has 2 rings (SSSR count). The molecular formula is C12H15BrF2N2S. The molecule has 0 aromatic carbocycles. The van der Waals surface area contributed by atoms with Gasteiger partial charge in [0, 0.05) is 24.5 Å². The Labute approximate surface area is 118 Å². The van der Waals surface area contributed by atoms with Crippen molar-refractivity contribution in [3.05, 3.63) is 20.6 Å². The van der Waals surface area contributed by atoms with Gasteiger partial charge in [0.1, 0.15) is 10.5 Å². The van der Waals surface area contributed by atoms with Crippen LogP contribution in [0.25, 0.3) is 0 Å². The van der Waals surface area contributed by atoms with Crippen LogP contribution in [0.4, 0.5) is 8.78 Å². The zero-order chi connectivity index (χ0) is 13.3. The summed E-state index contributed by atoms with van der Waals surface area (Å²) in [4.78, 5) is 7.42. The maximum atomic E-state index is 13.2. The summed E-state index contributed by atoms with van der Waals surface area (Å²) in [5.74, 6) is -2.14. The Morgan fingerprint density at radius 1 is 1.56 bits per heavy atom. The van der Waals surface area contributed by atoms with E-state index in [0.717, 1.165) is 23.0 Å². The van der Waals surface area contributed by atoms with E-state index in [0.29, 0.717) is 16.9 Å². The molecule has 1 aromatic rings. The number of hydrogen-bond donors (Lipinski definition) is 1. The zero-order valence-corrected chi connectivity index (χ0v) is 12.5. The normalized spacial score (nSPS) is 22.3. The third kappa shape index (κ3) is 2.96. The fourth-order valence-corrected chi connectivity index (χ4v) is 2.93. The molecule has 1 fully saturated rings. The number of aromatic nitrogens is 2. The molecule has 1 unspecified atom stereocenters. The first-order valence-corrected chi connectivity index (χ1v) is 7.29. The van der Waals surface area contributed by atoms with E-state index in [1.165, 1.54) is 0 Å². The van der Waals surface area contributed by atoms with Crippen LogP contribution in [-0.4, -0.2) is 15.9 Å². The number of halogens is 3. The van der Waals surface area contributed by atoms with Crippen LogP contribution < -0.4 is 0 Å². The lowest BCUT2D eigenvalue weighted by Gasteiger charge is -2.13. The topological polar surface area (TPSA) is 28.7 Å². The Morgan fingerprint density at radius 2 is 2.28 bits per heavy atom. The van der Waals surface area contributed by atoms with Crippen molar-refractivity contribution >= 4 is 28.1 Å². The van der Waals surface area contributed by atoms with Crippen molar-refractivity contribution in [2.45, 2.75) is 50.9 Å². The van der Waals surface area contributed by atoms with Gasteiger partial charge in [0.2, 0.25) is 5.92 Å². The number of rotatable bonds is 3. The summed E-state index contributed by atoms with van der Waals surface area (Å²) < 4.78 is 27.7. The highest BCUT2D eigenvalue weighted by molar-refractivity contribution is 9.10. The smallest absolute Gasteiger partial charge is 0.248 e. The van der Waals surface area contributed by atoms with Gasteiger partial charge in [-0.25, -0.2) is 13.8 Å². The highest BCUT2D eigenvalue weighted by Crippen LogP contribution is 2.43. The number of alkyl halides is 2. The van der Waals surface area contributed by atoms with Crippen LogP contribution in [0.3, 0.4) is 0 Å². The number of nitrogens with zero attached hydrogens (tertiary/aromatic N) is 1. The molecule has 1 atom stereocenters. The Hall–Kier alpha value is -0.360. The van der Waals surface area contributed by atoms with Crippen molar-refractivity contribution in [2.24, 2.45) is 0 Å². The molecule has 1 aliphatic carbocycles. The van der Waals surface area contributed by atoms with Crippen LogP contribution in [0.5, 0.6) is 0 Å². The first-order valence-electron chi connectivity index (χ1n) is 6.09. The number of aromatic amines is 1. The quantitative estimate of drug-likeness (QED) is 0.806. The Morgan fingerprint density at radius 3 is 2.83 bits per heavy atom. The SMILES string of the molecule is CCCc1[nH]c(C2CCC(F)(F)C2)nc(=S)c1Br. The molecule has 0 radical (unpaired) electrons. The van der Waals surface area contributed by atoms with Crippen molar-refractivity contribution < 1.29 is 8.78 Å². The van der Waals surface area contributed by atoms with E-state index in [9.17, 15) is 8.78 Å².